The van der Waals surface area contributed by atoms with Crippen LogP contribution in [0.2, 0.25) is 5.02 Å². The van der Waals surface area contributed by atoms with Gasteiger partial charge in [-0.25, -0.2) is 9.79 Å². The lowest BCUT2D eigenvalue weighted by molar-refractivity contribution is -0.140. The van der Waals surface area contributed by atoms with Gasteiger partial charge in [-0.2, -0.15) is 13.2 Å². The van der Waals surface area contributed by atoms with Crippen molar-refractivity contribution < 1.29 is 27.8 Å². The summed E-state index contributed by atoms with van der Waals surface area (Å²) in [6.45, 7) is 1.30. The van der Waals surface area contributed by atoms with Crippen molar-refractivity contribution >= 4 is 50.9 Å². The fourth-order valence-corrected chi connectivity index (χ4v) is 5.09. The van der Waals surface area contributed by atoms with E-state index in [1.165, 1.54) is 43.3 Å². The predicted octanol–water partition coefficient (Wildman–Crippen LogP) is 4.46. The Bertz CT molecular complexity index is 1530. The van der Waals surface area contributed by atoms with Crippen molar-refractivity contribution in [3.05, 3.63) is 94.0 Å². The van der Waals surface area contributed by atoms with E-state index in [4.69, 9.17) is 16.3 Å². The highest BCUT2D eigenvalue weighted by molar-refractivity contribution is 9.10. The zero-order valence-corrected chi connectivity index (χ0v) is 20.9. The topological polar surface area (TPSA) is 80.9 Å². The minimum Gasteiger partial charge on any atom is -0.507 e. The number of thiazole rings is 1. The molecule has 0 aliphatic carbocycles. The maximum Gasteiger partial charge on any atom is 0.434 e. The predicted molar refractivity (Wildman–Crippen MR) is 128 cm³/mol. The van der Waals surface area contributed by atoms with E-state index in [-0.39, 0.29) is 27.3 Å². The first-order valence-electron chi connectivity index (χ1n) is 10.1. The molecule has 0 spiro atoms. The number of phenols is 1. The molecule has 3 aromatic rings. The molecule has 0 bridgehead atoms. The summed E-state index contributed by atoms with van der Waals surface area (Å²) in [7, 11) is 0. The molecule has 182 valence electrons. The van der Waals surface area contributed by atoms with E-state index in [1.807, 2.05) is 0 Å². The van der Waals surface area contributed by atoms with E-state index < -0.39 is 35.0 Å². The van der Waals surface area contributed by atoms with Crippen molar-refractivity contribution in [1.82, 2.24) is 4.57 Å². The van der Waals surface area contributed by atoms with Crippen LogP contribution < -0.4 is 14.9 Å². The fourth-order valence-electron chi connectivity index (χ4n) is 3.57. The lowest BCUT2D eigenvalue weighted by Gasteiger charge is -2.26. The highest BCUT2D eigenvalue weighted by atomic mass is 79.9. The van der Waals surface area contributed by atoms with E-state index in [2.05, 4.69) is 20.9 Å². The average molecular weight is 588 g/mol. The number of carbonyl (C=O) groups is 1. The molecule has 35 heavy (non-hydrogen) atoms. The highest BCUT2D eigenvalue weighted by Crippen LogP contribution is 2.38. The molecule has 1 aliphatic rings. The van der Waals surface area contributed by atoms with Gasteiger partial charge >= 0.3 is 12.1 Å². The summed E-state index contributed by atoms with van der Waals surface area (Å²) in [5, 5.41) is 10.0. The Morgan fingerprint density at radius 2 is 1.97 bits per heavy atom. The molecule has 4 rings (SSSR count). The van der Waals surface area contributed by atoms with Crippen LogP contribution in [0.4, 0.5) is 13.2 Å². The molecule has 6 nitrogen and oxygen atoms in total. The van der Waals surface area contributed by atoms with Gasteiger partial charge in [-0.3, -0.25) is 9.36 Å². The minimum absolute atomic E-state index is 0.0137. The van der Waals surface area contributed by atoms with Gasteiger partial charge in [0.25, 0.3) is 5.56 Å². The van der Waals surface area contributed by atoms with Crippen molar-refractivity contribution in [2.75, 3.05) is 6.61 Å². The molecule has 0 amide bonds. The summed E-state index contributed by atoms with van der Waals surface area (Å²) in [5.74, 6) is -1.24. The third kappa shape index (κ3) is 4.93. The maximum atomic E-state index is 14.1. The summed E-state index contributed by atoms with van der Waals surface area (Å²) in [6.07, 6.45) is -3.52. The Morgan fingerprint density at radius 3 is 2.57 bits per heavy atom. The number of benzene rings is 2. The van der Waals surface area contributed by atoms with Crippen LogP contribution in [-0.2, 0) is 9.53 Å². The van der Waals surface area contributed by atoms with Gasteiger partial charge in [0.05, 0.1) is 27.2 Å². The number of halogens is 5. The Labute approximate surface area is 213 Å². The Hall–Kier alpha value is -2.89. The molecular formula is C23H15BrClF3N2O4S. The number of ether oxygens (including phenoxy) is 1. The number of carbonyl (C=O) groups excluding carboxylic acids is 1. The number of aromatic hydroxyl groups is 1. The first kappa shape index (κ1) is 25.2. The van der Waals surface area contributed by atoms with Crippen molar-refractivity contribution in [3.8, 4) is 5.75 Å². The SMILES string of the molecule is CCOC(=O)C1=C(C(F)(F)F)N=c2s/c(=C\c3ccc(O)c(Br)c3)c(=O)n2[C@@H]1c1ccc(Cl)cc1. The first-order chi connectivity index (χ1) is 16.5. The number of hydrogen-bond acceptors (Lipinski definition) is 6. The summed E-state index contributed by atoms with van der Waals surface area (Å²) in [5.41, 5.74) is -2.09. The minimum atomic E-state index is -4.98. The fraction of sp³-hybridized carbons (Fsp3) is 0.174. The number of hydrogen-bond donors (Lipinski definition) is 1. The Kier molecular flexibility index (Phi) is 6.94. The molecule has 12 heteroatoms. The van der Waals surface area contributed by atoms with Crippen LogP contribution >= 0.6 is 38.9 Å². The van der Waals surface area contributed by atoms with Crippen LogP contribution in [0.15, 0.2) is 68.0 Å². The van der Waals surface area contributed by atoms with Gasteiger partial charge in [-0.1, -0.05) is 41.1 Å². The van der Waals surface area contributed by atoms with Crippen molar-refractivity contribution in [2.45, 2.75) is 19.1 Å². The van der Waals surface area contributed by atoms with E-state index >= 15 is 0 Å². The lowest BCUT2D eigenvalue weighted by atomic mass is 9.95. The number of allylic oxidation sites excluding steroid dienone is 1. The van der Waals surface area contributed by atoms with Crippen LogP contribution in [0.3, 0.4) is 0 Å². The van der Waals surface area contributed by atoms with Crippen molar-refractivity contribution in [1.29, 1.82) is 0 Å². The molecule has 0 radical (unpaired) electrons. The smallest absolute Gasteiger partial charge is 0.434 e. The third-order valence-electron chi connectivity index (χ3n) is 5.05. The zero-order chi connectivity index (χ0) is 25.5. The molecule has 1 N–H and O–H groups in total. The largest absolute Gasteiger partial charge is 0.507 e. The number of phenolic OH excluding ortho intramolecular Hbond substituents is 1. The number of rotatable bonds is 4. The Morgan fingerprint density at radius 1 is 1.29 bits per heavy atom. The molecule has 0 unspecified atom stereocenters. The van der Waals surface area contributed by atoms with E-state index in [9.17, 15) is 27.9 Å². The van der Waals surface area contributed by atoms with Crippen molar-refractivity contribution in [3.63, 3.8) is 0 Å². The second-order valence-corrected chi connectivity index (χ2v) is 9.63. The van der Waals surface area contributed by atoms with E-state index in [0.29, 0.717) is 15.1 Å². The van der Waals surface area contributed by atoms with Gasteiger partial charge < -0.3 is 9.84 Å². The molecule has 0 saturated heterocycles. The molecular weight excluding hydrogens is 573 g/mol. The van der Waals surface area contributed by atoms with Crippen molar-refractivity contribution in [2.24, 2.45) is 4.99 Å². The van der Waals surface area contributed by atoms with Gasteiger partial charge in [-0.15, -0.1) is 0 Å². The molecule has 2 aromatic carbocycles. The summed E-state index contributed by atoms with van der Waals surface area (Å²) >= 11 is 9.90. The number of esters is 1. The lowest BCUT2D eigenvalue weighted by Crippen LogP contribution is -2.41. The second-order valence-electron chi connectivity index (χ2n) is 7.33. The number of nitrogens with zero attached hydrogens (tertiary/aromatic N) is 2. The van der Waals surface area contributed by atoms with E-state index in [1.54, 1.807) is 12.1 Å². The van der Waals surface area contributed by atoms with Crippen LogP contribution in [0, 0.1) is 0 Å². The average Bonchev–Trinajstić information content (AvgIpc) is 3.10. The van der Waals surface area contributed by atoms with E-state index in [0.717, 1.165) is 15.9 Å². The maximum absolute atomic E-state index is 14.1. The summed E-state index contributed by atoms with van der Waals surface area (Å²) < 4.78 is 48.7. The highest BCUT2D eigenvalue weighted by Gasteiger charge is 2.45. The molecule has 1 atom stereocenters. The molecule has 2 heterocycles. The van der Waals surface area contributed by atoms with Crippen LogP contribution in [0.5, 0.6) is 5.75 Å². The molecule has 0 saturated carbocycles. The third-order valence-corrected chi connectivity index (χ3v) is 6.92. The van der Waals surface area contributed by atoms with Crippen LogP contribution in [0.25, 0.3) is 6.08 Å². The first-order valence-corrected chi connectivity index (χ1v) is 12.0. The molecule has 0 fully saturated rings. The Balaban J connectivity index is 2.04. The number of alkyl halides is 3. The van der Waals surface area contributed by atoms with Crippen LogP contribution in [0.1, 0.15) is 24.1 Å². The zero-order valence-electron chi connectivity index (χ0n) is 17.8. The van der Waals surface area contributed by atoms with Gasteiger partial charge in [-0.05, 0) is 64.3 Å². The number of fused-ring (bicyclic) bond motifs is 1. The van der Waals surface area contributed by atoms with Gasteiger partial charge in [0.15, 0.2) is 10.5 Å². The monoisotopic (exact) mass is 586 g/mol. The van der Waals surface area contributed by atoms with Crippen LogP contribution in [-0.4, -0.2) is 28.4 Å². The standard InChI is InChI=1S/C23H15BrClF3N2O4S/c1-2-34-21(33)17-18(12-4-6-13(25)7-5-12)30-20(32)16(10-11-3-8-15(31)14(24)9-11)35-22(30)29-19(17)23(26,27)28/h3-10,18,31H,2H2,1H3/b16-10-/t18-/m1/s1. The van der Waals surface area contributed by atoms with Gasteiger partial charge in [0.1, 0.15) is 5.75 Å². The number of aromatic nitrogens is 1. The normalized spacial score (nSPS) is 16.2. The summed E-state index contributed by atoms with van der Waals surface area (Å²) in [4.78, 5) is 29.7. The van der Waals surface area contributed by atoms with Gasteiger partial charge in [0.2, 0.25) is 0 Å². The summed E-state index contributed by atoms with van der Waals surface area (Å²) in [6, 6.07) is 8.86. The van der Waals surface area contributed by atoms with Gasteiger partial charge in [0, 0.05) is 5.02 Å². The second kappa shape index (κ2) is 9.63. The molecule has 1 aliphatic heterocycles. The quantitative estimate of drug-likeness (QED) is 0.457. The molecule has 1 aromatic heterocycles.